The zero-order valence-electron chi connectivity index (χ0n) is 15.1. The molecule has 0 saturated carbocycles. The Morgan fingerprint density at radius 1 is 1.14 bits per heavy atom. The van der Waals surface area contributed by atoms with E-state index in [-0.39, 0.29) is 11.7 Å². The quantitative estimate of drug-likeness (QED) is 0.356. The number of benzene rings is 2. The molecule has 0 aliphatic carbocycles. The van der Waals surface area contributed by atoms with Crippen LogP contribution in [-0.4, -0.2) is 28.7 Å². The molecule has 4 rings (SSSR count). The highest BCUT2D eigenvalue weighted by atomic mass is 32.2. The SMILES string of the molecule is COc1cccc(NC(=O)CSc2ncnc3scc(-c4ccccc4)c23)c1. The molecule has 0 radical (unpaired) electrons. The maximum absolute atomic E-state index is 12.4. The number of methoxy groups -OCH3 is 1. The van der Waals surface area contributed by atoms with Gasteiger partial charge in [0.05, 0.1) is 18.2 Å². The van der Waals surface area contributed by atoms with Crippen LogP contribution >= 0.6 is 23.1 Å². The molecular weight excluding hydrogens is 390 g/mol. The number of carbonyl (C=O) groups excluding carboxylic acids is 1. The number of aromatic nitrogens is 2. The van der Waals surface area contributed by atoms with Crippen molar-refractivity contribution in [3.05, 3.63) is 66.3 Å². The first-order valence-electron chi connectivity index (χ1n) is 8.59. The van der Waals surface area contributed by atoms with Gasteiger partial charge in [0.1, 0.15) is 21.9 Å². The highest BCUT2D eigenvalue weighted by molar-refractivity contribution is 8.00. The number of thioether (sulfide) groups is 1. The summed E-state index contributed by atoms with van der Waals surface area (Å²) in [5, 5.41) is 6.80. The first kappa shape index (κ1) is 18.5. The predicted molar refractivity (Wildman–Crippen MR) is 115 cm³/mol. The summed E-state index contributed by atoms with van der Waals surface area (Å²) in [4.78, 5) is 22.1. The number of hydrogen-bond acceptors (Lipinski definition) is 6. The molecule has 4 aromatic rings. The van der Waals surface area contributed by atoms with Crippen LogP contribution in [0, 0.1) is 0 Å². The van der Waals surface area contributed by atoms with Crippen molar-refractivity contribution in [2.45, 2.75) is 5.03 Å². The van der Waals surface area contributed by atoms with E-state index in [2.05, 4.69) is 32.8 Å². The van der Waals surface area contributed by atoms with Gasteiger partial charge >= 0.3 is 0 Å². The molecule has 2 aromatic heterocycles. The predicted octanol–water partition coefficient (Wildman–Crippen LogP) is 5.10. The fourth-order valence-electron chi connectivity index (χ4n) is 2.82. The number of thiophene rings is 1. The third-order valence-corrected chi connectivity index (χ3v) is 5.99. The van der Waals surface area contributed by atoms with Crippen molar-refractivity contribution >= 4 is 44.9 Å². The highest BCUT2D eigenvalue weighted by Gasteiger charge is 2.14. The van der Waals surface area contributed by atoms with Crippen LogP contribution in [0.1, 0.15) is 0 Å². The lowest BCUT2D eigenvalue weighted by molar-refractivity contribution is -0.113. The normalized spacial score (nSPS) is 10.8. The molecule has 0 aliphatic heterocycles. The third kappa shape index (κ3) is 4.00. The number of carbonyl (C=O) groups is 1. The average molecular weight is 408 g/mol. The third-order valence-electron chi connectivity index (χ3n) is 4.11. The fourth-order valence-corrected chi connectivity index (χ4v) is 4.61. The first-order valence-corrected chi connectivity index (χ1v) is 10.5. The van der Waals surface area contributed by atoms with Gasteiger partial charge in [0.15, 0.2) is 0 Å². The van der Waals surface area contributed by atoms with Crippen LogP contribution in [-0.2, 0) is 4.79 Å². The summed E-state index contributed by atoms with van der Waals surface area (Å²) in [6.07, 6.45) is 1.55. The van der Waals surface area contributed by atoms with Gasteiger partial charge in [-0.1, -0.05) is 48.2 Å². The zero-order chi connectivity index (χ0) is 19.3. The molecule has 0 aliphatic rings. The summed E-state index contributed by atoms with van der Waals surface area (Å²) in [6.45, 7) is 0. The van der Waals surface area contributed by atoms with E-state index in [1.54, 1.807) is 30.8 Å². The van der Waals surface area contributed by atoms with Gasteiger partial charge in [-0.25, -0.2) is 9.97 Å². The molecule has 0 spiro atoms. The Morgan fingerprint density at radius 2 is 2.00 bits per heavy atom. The summed E-state index contributed by atoms with van der Waals surface area (Å²) >= 11 is 3.00. The smallest absolute Gasteiger partial charge is 0.234 e. The fraction of sp³-hybridized carbons (Fsp3) is 0.0952. The van der Waals surface area contributed by atoms with Crippen LogP contribution in [0.3, 0.4) is 0 Å². The number of rotatable bonds is 6. The number of hydrogen-bond donors (Lipinski definition) is 1. The average Bonchev–Trinajstić information content (AvgIpc) is 3.18. The minimum Gasteiger partial charge on any atom is -0.497 e. The van der Waals surface area contributed by atoms with Crippen molar-refractivity contribution in [2.24, 2.45) is 0 Å². The van der Waals surface area contributed by atoms with Crippen molar-refractivity contribution in [1.82, 2.24) is 9.97 Å². The number of amides is 1. The number of nitrogens with one attached hydrogen (secondary N) is 1. The lowest BCUT2D eigenvalue weighted by Gasteiger charge is -2.08. The Morgan fingerprint density at radius 3 is 2.82 bits per heavy atom. The minimum absolute atomic E-state index is 0.0958. The summed E-state index contributed by atoms with van der Waals surface area (Å²) in [7, 11) is 1.60. The Hall–Kier alpha value is -2.90. The molecule has 2 aromatic carbocycles. The van der Waals surface area contributed by atoms with Crippen LogP contribution in [0.15, 0.2) is 71.3 Å². The monoisotopic (exact) mass is 407 g/mol. The van der Waals surface area contributed by atoms with E-state index in [1.807, 2.05) is 36.4 Å². The molecule has 7 heteroatoms. The van der Waals surface area contributed by atoms with Crippen molar-refractivity contribution in [3.63, 3.8) is 0 Å². The van der Waals surface area contributed by atoms with E-state index in [0.29, 0.717) is 11.4 Å². The van der Waals surface area contributed by atoms with Crippen LogP contribution in [0.2, 0.25) is 0 Å². The molecule has 1 N–H and O–H groups in total. The summed E-state index contributed by atoms with van der Waals surface area (Å²) < 4.78 is 5.19. The standard InChI is InChI=1S/C21H17N3O2S2/c1-26-16-9-5-8-15(10-16)24-18(25)12-28-21-19-17(14-6-3-2-4-7-14)11-27-20(19)22-13-23-21/h2-11,13H,12H2,1H3,(H,24,25). The molecule has 5 nitrogen and oxygen atoms in total. The molecule has 28 heavy (non-hydrogen) atoms. The van der Waals surface area contributed by atoms with Crippen molar-refractivity contribution in [1.29, 1.82) is 0 Å². The van der Waals surface area contributed by atoms with Gasteiger partial charge in [0, 0.05) is 22.7 Å². The van der Waals surface area contributed by atoms with Gasteiger partial charge in [0.25, 0.3) is 0 Å². The van der Waals surface area contributed by atoms with Crippen LogP contribution in [0.25, 0.3) is 21.3 Å². The van der Waals surface area contributed by atoms with Gasteiger partial charge in [0.2, 0.25) is 5.91 Å². The minimum atomic E-state index is -0.0958. The second kappa shape index (κ2) is 8.41. The Balaban J connectivity index is 1.53. The molecule has 0 bridgehead atoms. The molecule has 1 amide bonds. The van der Waals surface area contributed by atoms with Gasteiger partial charge in [-0.3, -0.25) is 4.79 Å². The largest absolute Gasteiger partial charge is 0.497 e. The van der Waals surface area contributed by atoms with Gasteiger partial charge in [-0.15, -0.1) is 11.3 Å². The van der Waals surface area contributed by atoms with Gasteiger partial charge in [-0.05, 0) is 17.7 Å². The second-order valence-corrected chi connectivity index (χ2v) is 7.77. The van der Waals surface area contributed by atoms with Crippen molar-refractivity contribution < 1.29 is 9.53 Å². The Bertz CT molecular complexity index is 1110. The van der Waals surface area contributed by atoms with E-state index in [1.165, 1.54) is 11.8 Å². The van der Waals surface area contributed by atoms with Gasteiger partial charge < -0.3 is 10.1 Å². The summed E-state index contributed by atoms with van der Waals surface area (Å²) in [5.41, 5.74) is 2.92. The molecule has 0 fully saturated rings. The molecule has 0 saturated heterocycles. The maximum Gasteiger partial charge on any atom is 0.234 e. The lowest BCUT2D eigenvalue weighted by atomic mass is 10.1. The molecular formula is C21H17N3O2S2. The van der Waals surface area contributed by atoms with Crippen molar-refractivity contribution in [3.8, 4) is 16.9 Å². The zero-order valence-corrected chi connectivity index (χ0v) is 16.7. The number of nitrogens with zero attached hydrogens (tertiary/aromatic N) is 2. The van der Waals surface area contributed by atoms with Crippen molar-refractivity contribution in [2.75, 3.05) is 18.2 Å². The molecule has 0 atom stereocenters. The van der Waals surface area contributed by atoms with Crippen LogP contribution in [0.4, 0.5) is 5.69 Å². The van der Waals surface area contributed by atoms with E-state index >= 15 is 0 Å². The summed E-state index contributed by atoms with van der Waals surface area (Å²) in [6, 6.07) is 17.5. The molecule has 140 valence electrons. The van der Waals surface area contributed by atoms with Crippen LogP contribution in [0.5, 0.6) is 5.75 Å². The lowest BCUT2D eigenvalue weighted by Crippen LogP contribution is -2.14. The number of fused-ring (bicyclic) bond motifs is 1. The highest BCUT2D eigenvalue weighted by Crippen LogP contribution is 2.37. The summed E-state index contributed by atoms with van der Waals surface area (Å²) in [5.74, 6) is 0.864. The Labute approximate surface area is 170 Å². The molecule has 2 heterocycles. The van der Waals surface area contributed by atoms with E-state index in [0.717, 1.165) is 26.4 Å². The maximum atomic E-state index is 12.4. The van der Waals surface area contributed by atoms with E-state index in [4.69, 9.17) is 4.74 Å². The van der Waals surface area contributed by atoms with E-state index < -0.39 is 0 Å². The number of anilines is 1. The topological polar surface area (TPSA) is 64.1 Å². The Kier molecular flexibility index (Phi) is 5.55. The molecule has 0 unspecified atom stereocenters. The first-order chi connectivity index (χ1) is 13.7. The van der Waals surface area contributed by atoms with Crippen LogP contribution < -0.4 is 10.1 Å². The van der Waals surface area contributed by atoms with Gasteiger partial charge in [-0.2, -0.15) is 0 Å². The van der Waals surface area contributed by atoms with E-state index in [9.17, 15) is 4.79 Å². The second-order valence-electron chi connectivity index (χ2n) is 5.94. The number of ether oxygens (including phenoxy) is 1.